The van der Waals surface area contributed by atoms with Crippen molar-refractivity contribution in [1.29, 1.82) is 0 Å². The lowest BCUT2D eigenvalue weighted by Gasteiger charge is -2.38. The van der Waals surface area contributed by atoms with E-state index in [0.29, 0.717) is 11.5 Å². The van der Waals surface area contributed by atoms with E-state index in [2.05, 4.69) is 134 Å². The fraction of sp³-hybridized carbons (Fsp3) is 0.233. The summed E-state index contributed by atoms with van der Waals surface area (Å²) in [5.41, 5.74) is 12.6. The Kier molecular flexibility index (Phi) is 17.4. The minimum absolute atomic E-state index is 0.0409. The van der Waals surface area contributed by atoms with E-state index in [-0.39, 0.29) is 17.4 Å². The van der Waals surface area contributed by atoms with E-state index >= 15 is 0 Å². The van der Waals surface area contributed by atoms with Gasteiger partial charge in [0.1, 0.15) is 23.0 Å². The maximum absolute atomic E-state index is 11.4. The second-order valence-corrected chi connectivity index (χ2v) is 16.5. The summed E-state index contributed by atoms with van der Waals surface area (Å²) in [6.07, 6.45) is 8.23. The number of aryl methyl sites for hydroxylation is 2. The van der Waals surface area contributed by atoms with Crippen molar-refractivity contribution in [2.24, 2.45) is 0 Å². The predicted molar refractivity (Wildman–Crippen MR) is 274 cm³/mol. The van der Waals surface area contributed by atoms with Gasteiger partial charge in [-0.2, -0.15) is 0 Å². The third kappa shape index (κ3) is 12.9. The number of carbonyl (C=O) groups is 2. The largest absolute Gasteiger partial charge is 0.497 e. The van der Waals surface area contributed by atoms with Gasteiger partial charge < -0.3 is 23.8 Å². The predicted octanol–water partition coefficient (Wildman–Crippen LogP) is 15.2. The van der Waals surface area contributed by atoms with Gasteiger partial charge in [-0.15, -0.1) is 0 Å². The Hall–Kier alpha value is -7.38. The van der Waals surface area contributed by atoms with Gasteiger partial charge in [0, 0.05) is 36.3 Å². The Morgan fingerprint density at radius 1 is 0.463 bits per heavy atom. The van der Waals surface area contributed by atoms with Gasteiger partial charge in [-0.25, -0.2) is 0 Å². The molecule has 0 saturated heterocycles. The Bertz CT molecular complexity index is 2620. The first-order valence-electron chi connectivity index (χ1n) is 23.2. The Morgan fingerprint density at radius 2 is 0.806 bits per heavy atom. The van der Waals surface area contributed by atoms with Gasteiger partial charge in [-0.05, 0) is 151 Å². The minimum atomic E-state index is -0.339. The van der Waals surface area contributed by atoms with Crippen LogP contribution in [0.25, 0.3) is 11.6 Å². The van der Waals surface area contributed by atoms with Crippen LogP contribution in [0.3, 0.4) is 0 Å². The second kappa shape index (κ2) is 23.7. The fourth-order valence-electron chi connectivity index (χ4n) is 8.51. The number of ether oxygens (including phenoxy) is 4. The molecule has 0 radical (unpaired) electrons. The van der Waals surface area contributed by atoms with E-state index in [1.54, 1.807) is 14.2 Å². The molecule has 1 aliphatic carbocycles. The quantitative estimate of drug-likeness (QED) is 0.0687. The average molecular weight is 894 g/mol. The Labute approximate surface area is 397 Å². The Balaban J connectivity index is 0.000000242. The number of hydrogen-bond donors (Lipinski definition) is 0. The highest BCUT2D eigenvalue weighted by atomic mass is 16.5. The summed E-state index contributed by atoms with van der Waals surface area (Å²) in [6.45, 7) is 11.0. The number of esters is 2. The number of anilines is 3. The number of methoxy groups -OCH3 is 2. The number of hydrogen-bond acceptors (Lipinski definition) is 7. The second-order valence-electron chi connectivity index (χ2n) is 16.5. The van der Waals surface area contributed by atoms with Crippen molar-refractivity contribution in [1.82, 2.24) is 0 Å². The zero-order chi connectivity index (χ0) is 47.8. The molecular weight excluding hydrogens is 831 g/mol. The van der Waals surface area contributed by atoms with Crippen LogP contribution in [0.2, 0.25) is 0 Å². The average Bonchev–Trinajstić information content (AvgIpc) is 3.36. The molecule has 67 heavy (non-hydrogen) atoms. The fourth-order valence-corrected chi connectivity index (χ4v) is 8.51. The molecule has 0 bridgehead atoms. The van der Waals surface area contributed by atoms with E-state index in [1.165, 1.54) is 55.4 Å². The van der Waals surface area contributed by atoms with Gasteiger partial charge in [0.2, 0.25) is 0 Å². The number of nitrogens with zero attached hydrogens (tertiary/aromatic N) is 1. The van der Waals surface area contributed by atoms with Gasteiger partial charge >= 0.3 is 11.9 Å². The molecule has 0 heterocycles. The smallest absolute Gasteiger partial charge is 0.308 e. The summed E-state index contributed by atoms with van der Waals surface area (Å²) in [5.74, 6) is 2.18. The summed E-state index contributed by atoms with van der Waals surface area (Å²) in [4.78, 5) is 24.8. The molecule has 0 N–H and O–H groups in total. The van der Waals surface area contributed by atoms with Crippen molar-refractivity contribution in [3.8, 4) is 23.0 Å². The van der Waals surface area contributed by atoms with Crippen LogP contribution in [-0.4, -0.2) is 26.2 Å². The van der Waals surface area contributed by atoms with Crippen molar-refractivity contribution < 1.29 is 28.5 Å². The molecule has 344 valence electrons. The van der Waals surface area contributed by atoms with Crippen molar-refractivity contribution in [3.63, 3.8) is 0 Å². The summed E-state index contributed by atoms with van der Waals surface area (Å²) in [6, 6.07) is 57.8. The molecule has 7 heteroatoms. The van der Waals surface area contributed by atoms with Gasteiger partial charge in [0.25, 0.3) is 0 Å². The highest BCUT2D eigenvalue weighted by Crippen LogP contribution is 2.45. The molecule has 8 rings (SSSR count). The lowest BCUT2D eigenvalue weighted by molar-refractivity contribution is -0.132. The van der Waals surface area contributed by atoms with Crippen LogP contribution in [-0.2, 0) is 15.0 Å². The zero-order valence-electron chi connectivity index (χ0n) is 40.2. The Morgan fingerprint density at radius 3 is 1.18 bits per heavy atom. The molecule has 0 unspecified atom stereocenters. The molecule has 0 amide bonds. The first-order valence-corrected chi connectivity index (χ1v) is 23.2. The van der Waals surface area contributed by atoms with E-state index in [1.807, 2.05) is 74.5 Å². The van der Waals surface area contributed by atoms with Gasteiger partial charge in [-0.3, -0.25) is 9.59 Å². The third-order valence-corrected chi connectivity index (χ3v) is 11.9. The first kappa shape index (κ1) is 49.1. The number of rotatable bonds is 12. The zero-order valence-corrected chi connectivity index (χ0v) is 40.2. The van der Waals surface area contributed by atoms with Gasteiger partial charge in [0.15, 0.2) is 0 Å². The molecule has 1 saturated carbocycles. The molecule has 7 nitrogen and oxygen atoms in total. The van der Waals surface area contributed by atoms with E-state index < -0.39 is 0 Å². The molecule has 7 aromatic carbocycles. The highest BCUT2D eigenvalue weighted by molar-refractivity contribution is 5.92. The molecule has 7 aromatic rings. The summed E-state index contributed by atoms with van der Waals surface area (Å²) < 4.78 is 21.1. The maximum Gasteiger partial charge on any atom is 0.308 e. The van der Waals surface area contributed by atoms with Crippen LogP contribution in [0.1, 0.15) is 98.7 Å². The summed E-state index contributed by atoms with van der Waals surface area (Å²) in [5, 5.41) is 0. The van der Waals surface area contributed by atoms with Crippen LogP contribution in [0.4, 0.5) is 17.1 Å². The molecular formula is C60H63NO6. The molecule has 0 atom stereocenters. The van der Waals surface area contributed by atoms with Crippen LogP contribution in [0.15, 0.2) is 170 Å². The van der Waals surface area contributed by atoms with Gasteiger partial charge in [0.05, 0.1) is 14.2 Å². The molecule has 0 aliphatic heterocycles. The topological polar surface area (TPSA) is 74.3 Å². The van der Waals surface area contributed by atoms with E-state index in [9.17, 15) is 9.59 Å². The standard InChI is InChI=1S/C37H33NO3.C21H24O3.C2H6/c1-26-5-15-32(16-6-26)38(33-17-7-27(2)8-18-33)34-19-9-29(10-20-34)25-37(30-11-21-35(40-4)22-12-30)31-13-23-36(24-14-31)41-28(3)39;1-16(22)24-20-12-8-18(9-13-20)21(14-4-3-5-15-21)17-6-10-19(23-2)11-7-17;1-2/h5-25H,1-4H3;6-13H,3-5,14-15H2,1-2H3;1-2H3/b37-25+;;. The molecule has 0 aromatic heterocycles. The van der Waals surface area contributed by atoms with E-state index in [0.717, 1.165) is 63.7 Å². The van der Waals surface area contributed by atoms with Gasteiger partial charge in [-0.1, -0.05) is 129 Å². The van der Waals surface area contributed by atoms with E-state index in [4.69, 9.17) is 18.9 Å². The lowest BCUT2D eigenvalue weighted by atomic mass is 9.65. The summed E-state index contributed by atoms with van der Waals surface area (Å²) in [7, 11) is 3.36. The third-order valence-electron chi connectivity index (χ3n) is 11.9. The monoisotopic (exact) mass is 893 g/mol. The molecule has 1 fully saturated rings. The maximum atomic E-state index is 11.4. The SMILES string of the molecule is CC.COc1ccc(/C(=C\c2ccc(N(c3ccc(C)cc3)c3ccc(C)cc3)cc2)c2ccc(OC(C)=O)cc2)cc1.COc1ccc(C2(c3ccc(OC(C)=O)cc3)CCCCC2)cc1. The highest BCUT2D eigenvalue weighted by Gasteiger charge is 2.35. The first-order chi connectivity index (χ1) is 32.5. The summed E-state index contributed by atoms with van der Waals surface area (Å²) >= 11 is 0. The molecule has 1 aliphatic rings. The van der Waals surface area contributed by atoms with Crippen LogP contribution >= 0.6 is 0 Å². The van der Waals surface area contributed by atoms with Crippen molar-refractivity contribution in [2.75, 3.05) is 19.1 Å². The van der Waals surface area contributed by atoms with Crippen molar-refractivity contribution in [3.05, 3.63) is 209 Å². The van der Waals surface area contributed by atoms with Crippen LogP contribution in [0, 0.1) is 13.8 Å². The number of benzene rings is 7. The normalized spacial score (nSPS) is 12.8. The lowest BCUT2D eigenvalue weighted by Crippen LogP contribution is -2.30. The molecule has 0 spiro atoms. The minimum Gasteiger partial charge on any atom is -0.497 e. The van der Waals surface area contributed by atoms with Crippen LogP contribution in [0.5, 0.6) is 23.0 Å². The van der Waals surface area contributed by atoms with Crippen molar-refractivity contribution >= 4 is 40.6 Å². The van der Waals surface area contributed by atoms with Crippen LogP contribution < -0.4 is 23.8 Å². The number of carbonyl (C=O) groups excluding carboxylic acids is 2. The van der Waals surface area contributed by atoms with Crippen molar-refractivity contribution in [2.45, 2.75) is 79.1 Å².